The van der Waals surface area contributed by atoms with Crippen LogP contribution in [0.3, 0.4) is 0 Å². The van der Waals surface area contributed by atoms with E-state index in [4.69, 9.17) is 0 Å². The van der Waals surface area contributed by atoms with Gasteiger partial charge in [-0.3, -0.25) is 4.68 Å². The van der Waals surface area contributed by atoms with Crippen LogP contribution in [0.4, 0.5) is 11.5 Å². The number of aromatic nitrogens is 3. The van der Waals surface area contributed by atoms with Crippen molar-refractivity contribution in [3.05, 3.63) is 48.9 Å². The fourth-order valence-electron chi connectivity index (χ4n) is 1.84. The summed E-state index contributed by atoms with van der Waals surface area (Å²) < 4.78 is 1.76. The maximum Gasteiger partial charge on any atom is 0.138 e. The van der Waals surface area contributed by atoms with E-state index in [0.29, 0.717) is 0 Å². The second-order valence-corrected chi connectivity index (χ2v) is 3.91. The molecule has 0 unspecified atom stereocenters. The van der Waals surface area contributed by atoms with Crippen molar-refractivity contribution in [2.45, 2.75) is 0 Å². The molecule has 0 aliphatic rings. The zero-order chi connectivity index (χ0) is 11.7. The van der Waals surface area contributed by atoms with Crippen molar-refractivity contribution in [1.82, 2.24) is 14.8 Å². The molecule has 0 radical (unpaired) electrons. The third-order valence-corrected chi connectivity index (χ3v) is 2.64. The largest absolute Gasteiger partial charge is 0.337 e. The van der Waals surface area contributed by atoms with E-state index in [1.807, 2.05) is 31.4 Å². The maximum atomic E-state index is 4.36. The van der Waals surface area contributed by atoms with Crippen molar-refractivity contribution < 1.29 is 0 Å². The molecule has 0 spiro atoms. The van der Waals surface area contributed by atoms with Gasteiger partial charge in [-0.1, -0.05) is 24.3 Å². The molecule has 2 heterocycles. The fraction of sp³-hybridized carbons (Fsp3) is 0.0769. The standard InChI is InChI=1S/C13H12N4/c1-17-9-11(8-15-17)16-13-12-5-3-2-4-10(12)6-7-14-13/h2-9H,1H3,(H,14,16). The molecule has 4 heteroatoms. The number of hydrogen-bond acceptors (Lipinski definition) is 3. The Kier molecular flexibility index (Phi) is 2.26. The molecular weight excluding hydrogens is 212 g/mol. The molecular formula is C13H12N4. The lowest BCUT2D eigenvalue weighted by molar-refractivity contribution is 0.768. The zero-order valence-electron chi connectivity index (χ0n) is 9.46. The topological polar surface area (TPSA) is 42.7 Å². The van der Waals surface area contributed by atoms with Gasteiger partial charge in [-0.05, 0) is 11.5 Å². The molecule has 0 bridgehead atoms. The Morgan fingerprint density at radius 3 is 2.88 bits per heavy atom. The van der Waals surface area contributed by atoms with Gasteiger partial charge < -0.3 is 5.32 Å². The van der Waals surface area contributed by atoms with Gasteiger partial charge in [0.1, 0.15) is 5.82 Å². The van der Waals surface area contributed by atoms with Crippen LogP contribution in [0.15, 0.2) is 48.9 Å². The van der Waals surface area contributed by atoms with E-state index in [-0.39, 0.29) is 0 Å². The summed E-state index contributed by atoms with van der Waals surface area (Å²) in [7, 11) is 1.89. The molecule has 4 nitrogen and oxygen atoms in total. The van der Waals surface area contributed by atoms with E-state index in [9.17, 15) is 0 Å². The number of pyridine rings is 1. The molecule has 3 aromatic rings. The number of benzene rings is 1. The average Bonchev–Trinajstić information content (AvgIpc) is 2.75. The summed E-state index contributed by atoms with van der Waals surface area (Å²) in [4.78, 5) is 4.36. The van der Waals surface area contributed by atoms with Gasteiger partial charge in [0.25, 0.3) is 0 Å². The van der Waals surface area contributed by atoms with E-state index in [0.717, 1.165) is 16.9 Å². The van der Waals surface area contributed by atoms with Crippen molar-refractivity contribution in [3.8, 4) is 0 Å². The van der Waals surface area contributed by atoms with Crippen LogP contribution in [0.2, 0.25) is 0 Å². The Bertz CT molecular complexity index is 652. The van der Waals surface area contributed by atoms with Crippen LogP contribution in [-0.2, 0) is 7.05 Å². The molecule has 2 aromatic heterocycles. The van der Waals surface area contributed by atoms with Gasteiger partial charge in [0, 0.05) is 24.8 Å². The Balaban J connectivity index is 2.05. The van der Waals surface area contributed by atoms with Crippen LogP contribution in [0.25, 0.3) is 10.8 Å². The van der Waals surface area contributed by atoms with Gasteiger partial charge in [-0.25, -0.2) is 4.98 Å². The third-order valence-electron chi connectivity index (χ3n) is 2.64. The zero-order valence-corrected chi connectivity index (χ0v) is 9.46. The predicted octanol–water partition coefficient (Wildman–Crippen LogP) is 2.71. The highest BCUT2D eigenvalue weighted by atomic mass is 15.3. The molecule has 1 aromatic carbocycles. The summed E-state index contributed by atoms with van der Waals surface area (Å²) >= 11 is 0. The molecule has 0 fully saturated rings. The number of fused-ring (bicyclic) bond motifs is 1. The molecule has 0 saturated carbocycles. The average molecular weight is 224 g/mol. The summed E-state index contributed by atoms with van der Waals surface area (Å²) in [5, 5.41) is 9.68. The molecule has 0 aliphatic heterocycles. The van der Waals surface area contributed by atoms with E-state index < -0.39 is 0 Å². The van der Waals surface area contributed by atoms with Crippen molar-refractivity contribution >= 4 is 22.3 Å². The minimum atomic E-state index is 0.858. The van der Waals surface area contributed by atoms with Gasteiger partial charge in [0.2, 0.25) is 0 Å². The minimum absolute atomic E-state index is 0.858. The molecule has 3 rings (SSSR count). The maximum absolute atomic E-state index is 4.36. The van der Waals surface area contributed by atoms with E-state index in [1.165, 1.54) is 5.39 Å². The van der Waals surface area contributed by atoms with Crippen molar-refractivity contribution in [2.24, 2.45) is 7.05 Å². The first kappa shape index (κ1) is 9.84. The third kappa shape index (κ3) is 1.85. The smallest absolute Gasteiger partial charge is 0.138 e. The minimum Gasteiger partial charge on any atom is -0.337 e. The van der Waals surface area contributed by atoms with Crippen LogP contribution >= 0.6 is 0 Å². The lowest BCUT2D eigenvalue weighted by Gasteiger charge is -2.06. The van der Waals surface area contributed by atoms with Gasteiger partial charge >= 0.3 is 0 Å². The number of rotatable bonds is 2. The summed E-state index contributed by atoms with van der Waals surface area (Å²) in [6, 6.07) is 10.2. The lowest BCUT2D eigenvalue weighted by Crippen LogP contribution is -1.93. The lowest BCUT2D eigenvalue weighted by atomic mass is 10.1. The van der Waals surface area contributed by atoms with Gasteiger partial charge in [-0.15, -0.1) is 0 Å². The first-order chi connectivity index (χ1) is 8.33. The van der Waals surface area contributed by atoms with Gasteiger partial charge in [0.05, 0.1) is 11.9 Å². The molecule has 84 valence electrons. The SMILES string of the molecule is Cn1cc(Nc2nccc3ccccc23)cn1. The second-order valence-electron chi connectivity index (χ2n) is 3.91. The molecule has 0 amide bonds. The number of nitrogens with one attached hydrogen (secondary N) is 1. The summed E-state index contributed by atoms with van der Waals surface area (Å²) in [6.45, 7) is 0. The normalized spacial score (nSPS) is 10.6. The Morgan fingerprint density at radius 1 is 1.18 bits per heavy atom. The summed E-state index contributed by atoms with van der Waals surface area (Å²) in [6.07, 6.45) is 5.51. The van der Waals surface area contributed by atoms with E-state index in [1.54, 1.807) is 17.1 Å². The number of anilines is 2. The summed E-state index contributed by atoms with van der Waals surface area (Å²) in [5.74, 6) is 0.858. The Labute approximate surface area is 98.9 Å². The van der Waals surface area contributed by atoms with Crippen LogP contribution in [0, 0.1) is 0 Å². The van der Waals surface area contributed by atoms with Gasteiger partial charge in [0.15, 0.2) is 0 Å². The Morgan fingerprint density at radius 2 is 2.06 bits per heavy atom. The van der Waals surface area contributed by atoms with E-state index >= 15 is 0 Å². The highest BCUT2D eigenvalue weighted by Gasteiger charge is 2.02. The predicted molar refractivity (Wildman–Crippen MR) is 68.2 cm³/mol. The van der Waals surface area contributed by atoms with Crippen LogP contribution in [0.1, 0.15) is 0 Å². The fourth-order valence-corrected chi connectivity index (χ4v) is 1.84. The van der Waals surface area contributed by atoms with Crippen molar-refractivity contribution in [1.29, 1.82) is 0 Å². The highest BCUT2D eigenvalue weighted by Crippen LogP contribution is 2.23. The van der Waals surface area contributed by atoms with Crippen LogP contribution in [-0.4, -0.2) is 14.8 Å². The monoisotopic (exact) mass is 224 g/mol. The first-order valence-electron chi connectivity index (χ1n) is 5.42. The van der Waals surface area contributed by atoms with Crippen LogP contribution in [0.5, 0.6) is 0 Å². The summed E-state index contributed by atoms with van der Waals surface area (Å²) in [5.41, 5.74) is 0.941. The Hall–Kier alpha value is -2.36. The number of nitrogens with zero attached hydrogens (tertiary/aromatic N) is 3. The molecule has 0 saturated heterocycles. The van der Waals surface area contributed by atoms with Crippen molar-refractivity contribution in [3.63, 3.8) is 0 Å². The first-order valence-corrected chi connectivity index (χ1v) is 5.42. The quantitative estimate of drug-likeness (QED) is 0.727. The van der Waals surface area contributed by atoms with Crippen molar-refractivity contribution in [2.75, 3.05) is 5.32 Å². The van der Waals surface area contributed by atoms with Crippen LogP contribution < -0.4 is 5.32 Å². The molecule has 0 aliphatic carbocycles. The highest BCUT2D eigenvalue weighted by molar-refractivity contribution is 5.92. The molecule has 1 N–H and O–H groups in total. The molecule has 0 atom stereocenters. The number of hydrogen-bond donors (Lipinski definition) is 1. The molecule has 17 heavy (non-hydrogen) atoms. The second kappa shape index (κ2) is 3.90. The van der Waals surface area contributed by atoms with Gasteiger partial charge in [-0.2, -0.15) is 5.10 Å². The number of aryl methyl sites for hydroxylation is 1. The van der Waals surface area contributed by atoms with E-state index in [2.05, 4.69) is 27.5 Å².